The molecule has 3 rings (SSSR count). The summed E-state index contributed by atoms with van der Waals surface area (Å²) in [6.45, 7) is 7.73. The van der Waals surface area contributed by atoms with Gasteiger partial charge in [0.2, 0.25) is 11.8 Å². The normalized spacial score (nSPS) is 16.2. The predicted molar refractivity (Wildman–Crippen MR) is 96.6 cm³/mol. The van der Waals surface area contributed by atoms with Crippen LogP contribution in [-0.2, 0) is 4.79 Å². The molecule has 2 heterocycles. The number of piperidine rings is 1. The Morgan fingerprint density at radius 2 is 2.12 bits per heavy atom. The van der Waals surface area contributed by atoms with Crippen molar-refractivity contribution in [1.29, 1.82) is 0 Å². The van der Waals surface area contributed by atoms with Gasteiger partial charge in [-0.15, -0.1) is 0 Å². The molecule has 1 aliphatic heterocycles. The van der Waals surface area contributed by atoms with Crippen molar-refractivity contribution in [3.8, 4) is 0 Å². The highest BCUT2D eigenvalue weighted by molar-refractivity contribution is 5.92. The number of hydrogen-bond donors (Lipinski definition) is 1. The zero-order valence-corrected chi connectivity index (χ0v) is 15.5. The van der Waals surface area contributed by atoms with Gasteiger partial charge >= 0.3 is 0 Å². The number of anilines is 1. The van der Waals surface area contributed by atoms with Crippen LogP contribution in [0.25, 0.3) is 0 Å². The molecule has 0 saturated carbocycles. The standard InChI is InChI=1S/C19H25FN4O2/c1-12(2)18-22-19(26-23-18)14-6-8-24(9-7-14)11-17(25)21-16-10-13(3)4-5-15(16)20/h4-5,10,12,14H,6-9,11H2,1-3H3,(H,21,25). The van der Waals surface area contributed by atoms with Crippen molar-refractivity contribution in [2.45, 2.75) is 45.4 Å². The van der Waals surface area contributed by atoms with E-state index in [1.54, 1.807) is 12.1 Å². The van der Waals surface area contributed by atoms with Gasteiger partial charge in [0.25, 0.3) is 0 Å². The topological polar surface area (TPSA) is 71.3 Å². The number of rotatable bonds is 5. The zero-order valence-electron chi connectivity index (χ0n) is 15.5. The Morgan fingerprint density at radius 3 is 2.77 bits per heavy atom. The zero-order chi connectivity index (χ0) is 18.7. The quantitative estimate of drug-likeness (QED) is 0.884. The fourth-order valence-corrected chi connectivity index (χ4v) is 3.11. The number of hydrogen-bond acceptors (Lipinski definition) is 5. The van der Waals surface area contributed by atoms with Crippen molar-refractivity contribution < 1.29 is 13.7 Å². The molecule has 1 amide bonds. The molecule has 1 aromatic heterocycles. The minimum Gasteiger partial charge on any atom is -0.339 e. The molecule has 0 radical (unpaired) electrons. The molecule has 0 spiro atoms. The fraction of sp³-hybridized carbons (Fsp3) is 0.526. The second-order valence-corrected chi connectivity index (χ2v) is 7.23. The minimum absolute atomic E-state index is 0.201. The number of aryl methyl sites for hydroxylation is 1. The second-order valence-electron chi connectivity index (χ2n) is 7.23. The van der Waals surface area contributed by atoms with Crippen LogP contribution in [0.4, 0.5) is 10.1 Å². The van der Waals surface area contributed by atoms with E-state index in [0.29, 0.717) is 5.89 Å². The number of carbonyl (C=O) groups excluding carboxylic acids is 1. The van der Waals surface area contributed by atoms with E-state index < -0.39 is 5.82 Å². The Morgan fingerprint density at radius 1 is 1.38 bits per heavy atom. The van der Waals surface area contributed by atoms with Crippen molar-refractivity contribution >= 4 is 11.6 Å². The summed E-state index contributed by atoms with van der Waals surface area (Å²) in [5, 5.41) is 6.68. The van der Waals surface area contributed by atoms with Crippen LogP contribution in [0.15, 0.2) is 22.7 Å². The van der Waals surface area contributed by atoms with Crippen LogP contribution in [0, 0.1) is 12.7 Å². The maximum atomic E-state index is 13.8. The molecule has 1 aliphatic rings. The minimum atomic E-state index is -0.417. The average molecular weight is 360 g/mol. The maximum absolute atomic E-state index is 13.8. The Bertz CT molecular complexity index is 767. The Labute approximate surface area is 152 Å². The molecule has 140 valence electrons. The Hall–Kier alpha value is -2.28. The van der Waals surface area contributed by atoms with E-state index in [1.807, 2.05) is 20.8 Å². The lowest BCUT2D eigenvalue weighted by Crippen LogP contribution is -2.38. The molecule has 0 bridgehead atoms. The van der Waals surface area contributed by atoms with E-state index in [2.05, 4.69) is 20.4 Å². The summed E-state index contributed by atoms with van der Waals surface area (Å²) in [5.74, 6) is 1.30. The summed E-state index contributed by atoms with van der Waals surface area (Å²) in [6, 6.07) is 4.69. The highest BCUT2D eigenvalue weighted by Crippen LogP contribution is 2.27. The predicted octanol–water partition coefficient (Wildman–Crippen LogP) is 3.46. The third kappa shape index (κ3) is 4.46. The first-order chi connectivity index (χ1) is 12.4. The number of nitrogens with zero attached hydrogens (tertiary/aromatic N) is 3. The largest absolute Gasteiger partial charge is 0.339 e. The molecular formula is C19H25FN4O2. The summed E-state index contributed by atoms with van der Waals surface area (Å²) in [6.07, 6.45) is 1.73. The first-order valence-corrected chi connectivity index (χ1v) is 9.04. The van der Waals surface area contributed by atoms with Crippen LogP contribution in [0.5, 0.6) is 0 Å². The first kappa shape index (κ1) is 18.5. The number of carbonyl (C=O) groups is 1. The van der Waals surface area contributed by atoms with E-state index >= 15 is 0 Å². The van der Waals surface area contributed by atoms with Gasteiger partial charge in [-0.05, 0) is 50.6 Å². The smallest absolute Gasteiger partial charge is 0.238 e. The van der Waals surface area contributed by atoms with E-state index in [-0.39, 0.29) is 30.0 Å². The summed E-state index contributed by atoms with van der Waals surface area (Å²) in [7, 11) is 0. The number of benzene rings is 1. The van der Waals surface area contributed by atoms with Crippen molar-refractivity contribution in [3.63, 3.8) is 0 Å². The Balaban J connectivity index is 1.50. The second kappa shape index (κ2) is 7.95. The molecule has 1 aromatic carbocycles. The summed E-state index contributed by atoms with van der Waals surface area (Å²) in [4.78, 5) is 18.8. The number of halogens is 1. The molecule has 1 fully saturated rings. The van der Waals surface area contributed by atoms with Crippen LogP contribution in [0.2, 0.25) is 0 Å². The number of aromatic nitrogens is 2. The van der Waals surface area contributed by atoms with E-state index in [0.717, 1.165) is 37.3 Å². The molecule has 1 saturated heterocycles. The molecule has 6 nitrogen and oxygen atoms in total. The van der Waals surface area contributed by atoms with E-state index in [4.69, 9.17) is 4.52 Å². The SMILES string of the molecule is Cc1ccc(F)c(NC(=O)CN2CCC(c3nc(C(C)C)no3)CC2)c1. The maximum Gasteiger partial charge on any atom is 0.238 e. The summed E-state index contributed by atoms with van der Waals surface area (Å²) >= 11 is 0. The van der Waals surface area contributed by atoms with Gasteiger partial charge in [0.05, 0.1) is 12.2 Å². The van der Waals surface area contributed by atoms with Gasteiger partial charge in [-0.3, -0.25) is 9.69 Å². The molecule has 26 heavy (non-hydrogen) atoms. The number of amides is 1. The van der Waals surface area contributed by atoms with Gasteiger partial charge in [-0.25, -0.2) is 4.39 Å². The van der Waals surface area contributed by atoms with Crippen molar-refractivity contribution in [2.24, 2.45) is 0 Å². The Kier molecular flexibility index (Phi) is 5.66. The van der Waals surface area contributed by atoms with E-state index in [9.17, 15) is 9.18 Å². The molecular weight excluding hydrogens is 335 g/mol. The average Bonchev–Trinajstić information content (AvgIpc) is 3.09. The van der Waals surface area contributed by atoms with Crippen molar-refractivity contribution in [3.05, 3.63) is 41.3 Å². The molecule has 7 heteroatoms. The van der Waals surface area contributed by atoms with Gasteiger partial charge in [-0.1, -0.05) is 25.1 Å². The fourth-order valence-electron chi connectivity index (χ4n) is 3.11. The summed E-state index contributed by atoms with van der Waals surface area (Å²) in [5.41, 5.74) is 1.14. The van der Waals surface area contributed by atoms with Gasteiger partial charge in [0.1, 0.15) is 5.82 Å². The molecule has 2 aromatic rings. The van der Waals surface area contributed by atoms with Crippen LogP contribution in [0.3, 0.4) is 0 Å². The molecule has 0 atom stereocenters. The van der Waals surface area contributed by atoms with Gasteiger partial charge < -0.3 is 9.84 Å². The van der Waals surface area contributed by atoms with Crippen LogP contribution >= 0.6 is 0 Å². The highest BCUT2D eigenvalue weighted by Gasteiger charge is 2.26. The number of likely N-dealkylation sites (tertiary alicyclic amines) is 1. The highest BCUT2D eigenvalue weighted by atomic mass is 19.1. The molecule has 0 unspecified atom stereocenters. The monoisotopic (exact) mass is 360 g/mol. The third-order valence-electron chi connectivity index (χ3n) is 4.67. The van der Waals surface area contributed by atoms with Gasteiger partial charge in [-0.2, -0.15) is 4.98 Å². The van der Waals surface area contributed by atoms with Gasteiger partial charge in [0.15, 0.2) is 5.82 Å². The number of nitrogens with one attached hydrogen (secondary N) is 1. The third-order valence-corrected chi connectivity index (χ3v) is 4.67. The first-order valence-electron chi connectivity index (χ1n) is 9.04. The molecule has 0 aliphatic carbocycles. The lowest BCUT2D eigenvalue weighted by Gasteiger charge is -2.29. The van der Waals surface area contributed by atoms with E-state index in [1.165, 1.54) is 6.07 Å². The van der Waals surface area contributed by atoms with Crippen molar-refractivity contribution in [1.82, 2.24) is 15.0 Å². The molecule has 1 N–H and O–H groups in total. The van der Waals surface area contributed by atoms with Crippen molar-refractivity contribution in [2.75, 3.05) is 25.0 Å². The van der Waals surface area contributed by atoms with Crippen LogP contribution in [0.1, 0.15) is 55.8 Å². The van der Waals surface area contributed by atoms with Gasteiger partial charge in [0, 0.05) is 11.8 Å². The summed E-state index contributed by atoms with van der Waals surface area (Å²) < 4.78 is 19.1. The van der Waals surface area contributed by atoms with Crippen LogP contribution in [-0.4, -0.2) is 40.6 Å². The lowest BCUT2D eigenvalue weighted by atomic mass is 9.96. The van der Waals surface area contributed by atoms with Crippen LogP contribution < -0.4 is 5.32 Å². The lowest BCUT2D eigenvalue weighted by molar-refractivity contribution is -0.117.